The predicted octanol–water partition coefficient (Wildman–Crippen LogP) is 8.62. The molecule has 8 heteroatoms. The molecule has 1 fully saturated rings. The minimum atomic E-state index is -0.528. The zero-order valence-corrected chi connectivity index (χ0v) is 27.5. The Labute approximate surface area is 278 Å². The fourth-order valence-electron chi connectivity index (χ4n) is 6.84. The summed E-state index contributed by atoms with van der Waals surface area (Å²) in [6, 6.07) is 37.1. The first-order chi connectivity index (χ1) is 23.2. The van der Waals surface area contributed by atoms with Gasteiger partial charge < -0.3 is 23.0 Å². The van der Waals surface area contributed by atoms with E-state index in [1.165, 1.54) is 0 Å². The summed E-state index contributed by atoms with van der Waals surface area (Å²) in [5, 5.41) is 4.16. The number of rotatable bonds is 4. The van der Waals surface area contributed by atoms with Crippen LogP contribution in [0.25, 0.3) is 43.9 Å². The van der Waals surface area contributed by atoms with Crippen molar-refractivity contribution in [2.24, 2.45) is 9.98 Å². The standard InChI is InChI=1S/C40H34BN3O4/c1-39(2)40(3,4)48-41(47-39)31-16-11-15-29-30-22-25(19-21-33(30)46-35(29)31)36-42-37(24-12-7-6-8-13-24)44(5)38(43-36)26-18-20-28-27-14-9-10-17-32(27)45-34(28)23-26/h6-23,37H,1-5H3. The number of benzene rings is 5. The number of amidine groups is 2. The van der Waals surface area contributed by atoms with Crippen LogP contribution in [0.3, 0.4) is 0 Å². The molecule has 236 valence electrons. The summed E-state index contributed by atoms with van der Waals surface area (Å²) in [6.07, 6.45) is -0.271. The largest absolute Gasteiger partial charge is 0.498 e. The van der Waals surface area contributed by atoms with Gasteiger partial charge in [-0.2, -0.15) is 0 Å². The molecule has 0 radical (unpaired) electrons. The van der Waals surface area contributed by atoms with Gasteiger partial charge >= 0.3 is 7.12 Å². The van der Waals surface area contributed by atoms with E-state index in [0.29, 0.717) is 5.84 Å². The van der Waals surface area contributed by atoms with Gasteiger partial charge in [-0.1, -0.05) is 72.8 Å². The topological polar surface area (TPSA) is 72.7 Å². The molecule has 2 aliphatic heterocycles. The third kappa shape index (κ3) is 4.44. The van der Waals surface area contributed by atoms with E-state index in [4.69, 9.17) is 28.1 Å². The van der Waals surface area contributed by atoms with Crippen LogP contribution in [0.2, 0.25) is 0 Å². The molecule has 1 atom stereocenters. The fourth-order valence-corrected chi connectivity index (χ4v) is 6.84. The molecular weight excluding hydrogens is 597 g/mol. The van der Waals surface area contributed by atoms with E-state index < -0.39 is 18.3 Å². The van der Waals surface area contributed by atoms with Gasteiger partial charge in [-0.25, -0.2) is 9.98 Å². The Hall–Kier alpha value is -5.18. The minimum Gasteiger partial charge on any atom is -0.456 e. The van der Waals surface area contributed by atoms with Crippen LogP contribution in [0.1, 0.15) is 50.6 Å². The molecule has 1 unspecified atom stereocenters. The molecule has 7 aromatic rings. The van der Waals surface area contributed by atoms with Crippen LogP contribution in [-0.2, 0) is 9.31 Å². The van der Waals surface area contributed by atoms with Crippen LogP contribution in [0.15, 0.2) is 128 Å². The van der Waals surface area contributed by atoms with E-state index in [1.807, 2.05) is 67.7 Å². The molecule has 0 amide bonds. The van der Waals surface area contributed by atoms with Crippen LogP contribution < -0.4 is 5.46 Å². The number of fused-ring (bicyclic) bond motifs is 6. The Bertz CT molecular complexity index is 2440. The van der Waals surface area contributed by atoms with E-state index >= 15 is 0 Å². The monoisotopic (exact) mass is 631 g/mol. The van der Waals surface area contributed by atoms with Gasteiger partial charge in [-0.3, -0.25) is 0 Å². The second-order valence-electron chi connectivity index (χ2n) is 13.7. The van der Waals surface area contributed by atoms with E-state index in [1.54, 1.807) is 0 Å². The SMILES string of the molecule is CN1C(c2ccc3c(c2)oc2ccccc23)=NC(c2ccc3oc4c(B5OC(C)(C)C(C)(C)O5)cccc4c3c2)=NC1c1ccccc1. The van der Waals surface area contributed by atoms with Gasteiger partial charge in [0.2, 0.25) is 0 Å². The Morgan fingerprint density at radius 3 is 2.12 bits per heavy atom. The molecular formula is C40H34BN3O4. The minimum absolute atomic E-state index is 0.271. The molecule has 5 aromatic carbocycles. The van der Waals surface area contributed by atoms with Crippen molar-refractivity contribution in [2.75, 3.05) is 7.05 Å². The lowest BCUT2D eigenvalue weighted by Gasteiger charge is -2.32. The molecule has 1 saturated heterocycles. The van der Waals surface area contributed by atoms with Gasteiger partial charge in [-0.05, 0) is 69.7 Å². The summed E-state index contributed by atoms with van der Waals surface area (Å²) in [7, 11) is 1.52. The lowest BCUT2D eigenvalue weighted by Crippen LogP contribution is -2.41. The maximum atomic E-state index is 6.48. The molecule has 0 N–H and O–H groups in total. The lowest BCUT2D eigenvalue weighted by molar-refractivity contribution is 0.00578. The van der Waals surface area contributed by atoms with Crippen molar-refractivity contribution in [3.8, 4) is 0 Å². The van der Waals surface area contributed by atoms with Crippen molar-refractivity contribution in [1.29, 1.82) is 0 Å². The maximum absolute atomic E-state index is 6.48. The number of furan rings is 2. The van der Waals surface area contributed by atoms with Gasteiger partial charge in [0, 0.05) is 45.2 Å². The van der Waals surface area contributed by atoms with Gasteiger partial charge in [0.05, 0.1) is 11.2 Å². The van der Waals surface area contributed by atoms with Crippen LogP contribution in [0, 0.1) is 0 Å². The number of nitrogens with zero attached hydrogens (tertiary/aromatic N) is 3. The number of hydrogen-bond acceptors (Lipinski definition) is 7. The summed E-state index contributed by atoms with van der Waals surface area (Å²) in [6.45, 7) is 8.25. The highest BCUT2D eigenvalue weighted by Gasteiger charge is 2.52. The van der Waals surface area contributed by atoms with Crippen LogP contribution >= 0.6 is 0 Å². The van der Waals surface area contributed by atoms with Gasteiger partial charge in [0.15, 0.2) is 5.84 Å². The van der Waals surface area contributed by atoms with Crippen molar-refractivity contribution in [2.45, 2.75) is 45.1 Å². The van der Waals surface area contributed by atoms with Crippen molar-refractivity contribution >= 4 is 68.1 Å². The highest BCUT2D eigenvalue weighted by molar-refractivity contribution is 6.65. The van der Waals surface area contributed by atoms with Crippen LogP contribution in [0.5, 0.6) is 0 Å². The average molecular weight is 632 g/mol. The number of hydrogen-bond donors (Lipinski definition) is 0. The Kier molecular flexibility index (Phi) is 6.29. The Balaban J connectivity index is 1.17. The predicted molar refractivity (Wildman–Crippen MR) is 193 cm³/mol. The third-order valence-corrected chi connectivity index (χ3v) is 10.2. The molecule has 2 aromatic heterocycles. The smallest absolute Gasteiger partial charge is 0.456 e. The van der Waals surface area contributed by atoms with Crippen molar-refractivity contribution in [1.82, 2.24) is 4.90 Å². The average Bonchev–Trinajstić information content (AvgIpc) is 3.72. The molecule has 2 aliphatic rings. The number of para-hydroxylation sites is 2. The molecule has 7 nitrogen and oxygen atoms in total. The van der Waals surface area contributed by atoms with Gasteiger partial charge in [0.25, 0.3) is 0 Å². The van der Waals surface area contributed by atoms with Crippen LogP contribution in [-0.4, -0.2) is 41.9 Å². The molecule has 4 heterocycles. The zero-order valence-electron chi connectivity index (χ0n) is 27.5. The Morgan fingerprint density at radius 2 is 1.31 bits per heavy atom. The normalized spacial score (nSPS) is 19.1. The van der Waals surface area contributed by atoms with Gasteiger partial charge in [0.1, 0.15) is 34.3 Å². The lowest BCUT2D eigenvalue weighted by atomic mass is 9.78. The molecule has 0 aliphatic carbocycles. The van der Waals surface area contributed by atoms with E-state index in [0.717, 1.165) is 71.9 Å². The molecule has 48 heavy (non-hydrogen) atoms. The third-order valence-electron chi connectivity index (χ3n) is 10.2. The summed E-state index contributed by atoms with van der Waals surface area (Å²) >= 11 is 0. The summed E-state index contributed by atoms with van der Waals surface area (Å²) in [5.41, 5.74) is 6.16. The summed E-state index contributed by atoms with van der Waals surface area (Å²) < 4.78 is 25.6. The highest BCUT2D eigenvalue weighted by atomic mass is 16.7. The first-order valence-electron chi connectivity index (χ1n) is 16.3. The van der Waals surface area contributed by atoms with E-state index in [9.17, 15) is 0 Å². The second-order valence-corrected chi connectivity index (χ2v) is 13.7. The maximum Gasteiger partial charge on any atom is 0.498 e. The van der Waals surface area contributed by atoms with E-state index in [-0.39, 0.29) is 6.17 Å². The van der Waals surface area contributed by atoms with E-state index in [2.05, 4.69) is 81.1 Å². The molecule has 0 spiro atoms. The van der Waals surface area contributed by atoms with Crippen molar-refractivity contribution < 1.29 is 18.1 Å². The quantitative estimate of drug-likeness (QED) is 0.182. The zero-order chi connectivity index (χ0) is 32.8. The molecule has 9 rings (SSSR count). The summed E-state index contributed by atoms with van der Waals surface area (Å²) in [5.74, 6) is 1.47. The fraction of sp³-hybridized carbons (Fsp3) is 0.200. The van der Waals surface area contributed by atoms with Gasteiger partial charge in [-0.15, -0.1) is 0 Å². The van der Waals surface area contributed by atoms with Crippen LogP contribution in [0.4, 0.5) is 0 Å². The highest BCUT2D eigenvalue weighted by Crippen LogP contribution is 2.38. The molecule has 0 bridgehead atoms. The Morgan fingerprint density at radius 1 is 0.625 bits per heavy atom. The molecule has 0 saturated carbocycles. The summed E-state index contributed by atoms with van der Waals surface area (Å²) in [4.78, 5) is 12.6. The van der Waals surface area contributed by atoms with Crippen molar-refractivity contribution in [3.05, 3.63) is 126 Å². The first-order valence-corrected chi connectivity index (χ1v) is 16.3. The second kappa shape index (κ2) is 10.4. The first kappa shape index (κ1) is 29.0. The number of aliphatic imine (C=N–C) groups is 2. The van der Waals surface area contributed by atoms with Crippen molar-refractivity contribution in [3.63, 3.8) is 0 Å².